The zero-order valence-corrected chi connectivity index (χ0v) is 65.4. The maximum Gasteiger partial charge on any atom is 0.170 e. The Kier molecular flexibility index (Phi) is 26.0. The smallest absolute Gasteiger partial charge is 0.170 e. The summed E-state index contributed by atoms with van der Waals surface area (Å²) in [5.74, 6) is 2.92. The molecule has 87 heavy (non-hydrogen) atoms. The second-order valence-electron chi connectivity index (χ2n) is 38.7. The molecule has 0 radical (unpaired) electrons. The molecule has 5 heterocycles. The van der Waals surface area contributed by atoms with Crippen LogP contribution in [0.2, 0.25) is 0 Å². The summed E-state index contributed by atoms with van der Waals surface area (Å²) in [4.78, 5) is 10.5. The van der Waals surface area contributed by atoms with E-state index in [9.17, 15) is 0 Å². The number of benzene rings is 3. The van der Waals surface area contributed by atoms with Crippen molar-refractivity contribution in [2.75, 3.05) is 0 Å². The second-order valence-corrected chi connectivity index (χ2v) is 42.0. The van der Waals surface area contributed by atoms with E-state index in [-0.39, 0.29) is 56.2 Å². The van der Waals surface area contributed by atoms with Gasteiger partial charge < -0.3 is 9.47 Å². The largest absolute Gasteiger partial charge is 0.489 e. The molecule has 10 unspecified atom stereocenters. The molecule has 10 atom stereocenters. The Balaban J connectivity index is 0.000000274. The molecule has 0 fully saturated rings. The van der Waals surface area contributed by atoms with E-state index < -0.39 is 0 Å². The number of nitrogens with zero attached hydrogens (tertiary/aromatic N) is 2. The van der Waals surface area contributed by atoms with Gasteiger partial charge in [0, 0.05) is 43.5 Å². The lowest BCUT2D eigenvalue weighted by Gasteiger charge is -2.39. The van der Waals surface area contributed by atoms with E-state index >= 15 is 0 Å². The Labute approximate surface area is 552 Å². The third-order valence-corrected chi connectivity index (χ3v) is 22.3. The van der Waals surface area contributed by atoms with Crippen molar-refractivity contribution in [2.45, 2.75) is 317 Å². The predicted octanol–water partition coefficient (Wildman–Crippen LogP) is 25.0. The fourth-order valence-electron chi connectivity index (χ4n) is 12.6. The molecule has 7 heteroatoms. The molecule has 0 N–H and O–H groups in total. The summed E-state index contributed by atoms with van der Waals surface area (Å²) < 4.78 is 11.8. The van der Waals surface area contributed by atoms with Crippen LogP contribution in [0.15, 0.2) is 99.2 Å². The van der Waals surface area contributed by atoms with Gasteiger partial charge in [-0.2, -0.15) is 0 Å². The fraction of sp³-hybridized carbons (Fsp3) is 0.725. The van der Waals surface area contributed by atoms with Crippen LogP contribution in [0.5, 0.6) is 5.75 Å². The summed E-state index contributed by atoms with van der Waals surface area (Å²) in [5.41, 5.74) is 11.2. The highest BCUT2D eigenvalue weighted by Crippen LogP contribution is 2.58. The lowest BCUT2D eigenvalue weighted by molar-refractivity contribution is 0.0478. The van der Waals surface area contributed by atoms with Crippen molar-refractivity contribution < 1.29 is 9.47 Å². The zero-order chi connectivity index (χ0) is 67.5. The Morgan fingerprint density at radius 2 is 0.782 bits per heavy atom. The van der Waals surface area contributed by atoms with Crippen LogP contribution in [0, 0.1) is 60.1 Å². The molecule has 8 rings (SSSR count). The van der Waals surface area contributed by atoms with Gasteiger partial charge in [0.15, 0.2) is 6.40 Å². The molecule has 0 saturated carbocycles. The number of fused-ring (bicyclic) bond motifs is 2. The van der Waals surface area contributed by atoms with E-state index in [1.165, 1.54) is 21.6 Å². The Bertz CT molecular complexity index is 2470. The van der Waals surface area contributed by atoms with Crippen molar-refractivity contribution in [1.29, 1.82) is 0 Å². The van der Waals surface area contributed by atoms with Crippen LogP contribution in [0.4, 0.5) is 0 Å². The molecule has 3 aromatic carbocycles. The van der Waals surface area contributed by atoms with E-state index in [0.29, 0.717) is 55.5 Å². The SMILES string of the molecule is CC(C)(C)C1C=CSC1C(C)(C)C.CC(C)(C)C1N=COC1C(C)(C)C.CC(C)(C)C1N=CSC1C(C)(C)C.CC(C)(C)C1Oc2ccccc2C1C(C)(C)C.CC(C)(C)C1Sc2ccccc2C1C(C)(C)C.CC(C)(C)c1ccccc1C(C)(C)C. The van der Waals surface area contributed by atoms with E-state index in [4.69, 9.17) is 9.47 Å². The summed E-state index contributed by atoms with van der Waals surface area (Å²) in [6, 6.07) is 27.0. The molecule has 5 aliphatic rings. The summed E-state index contributed by atoms with van der Waals surface area (Å²) >= 11 is 5.97. The van der Waals surface area contributed by atoms with Crippen molar-refractivity contribution >= 4 is 47.2 Å². The summed E-state index contributed by atoms with van der Waals surface area (Å²) in [7, 11) is 0. The highest BCUT2D eigenvalue weighted by molar-refractivity contribution is 8.13. The van der Waals surface area contributed by atoms with Crippen molar-refractivity contribution in [2.24, 2.45) is 70.1 Å². The van der Waals surface area contributed by atoms with Gasteiger partial charge in [-0.15, -0.1) is 35.3 Å². The first-order valence-corrected chi connectivity index (χ1v) is 35.9. The maximum absolute atomic E-state index is 6.21. The third-order valence-electron chi connectivity index (χ3n) is 17.3. The molecule has 3 aromatic rings. The topological polar surface area (TPSA) is 43.2 Å². The van der Waals surface area contributed by atoms with Crippen LogP contribution >= 0.6 is 35.3 Å². The van der Waals surface area contributed by atoms with Gasteiger partial charge in [0.25, 0.3) is 0 Å². The van der Waals surface area contributed by atoms with Gasteiger partial charge in [-0.1, -0.05) is 316 Å². The molecule has 0 saturated heterocycles. The average Bonchev–Trinajstić information content (AvgIpc) is 1.66. The van der Waals surface area contributed by atoms with Gasteiger partial charge in [0.05, 0.1) is 17.6 Å². The minimum absolute atomic E-state index is 0.161. The number of para-hydroxylation sites is 1. The van der Waals surface area contributed by atoms with Crippen LogP contribution in [0.1, 0.15) is 283 Å². The van der Waals surface area contributed by atoms with Gasteiger partial charge in [-0.25, -0.2) is 0 Å². The molecule has 0 amide bonds. The fourth-order valence-corrected chi connectivity index (χ4v) is 17.3. The minimum atomic E-state index is 0.161. The van der Waals surface area contributed by atoms with Crippen molar-refractivity contribution in [1.82, 2.24) is 0 Å². The number of rotatable bonds is 0. The van der Waals surface area contributed by atoms with Crippen LogP contribution in [0.3, 0.4) is 0 Å². The first kappa shape index (κ1) is 78.6. The van der Waals surface area contributed by atoms with E-state index in [1.807, 2.05) is 29.1 Å². The monoisotopic (exact) mass is 1250 g/mol. The molecular formula is C80H134N2O2S3. The van der Waals surface area contributed by atoms with Crippen LogP contribution < -0.4 is 4.74 Å². The van der Waals surface area contributed by atoms with Crippen molar-refractivity contribution in [3.8, 4) is 5.75 Å². The predicted molar refractivity (Wildman–Crippen MR) is 396 cm³/mol. The molecule has 0 bridgehead atoms. The van der Waals surface area contributed by atoms with Crippen LogP contribution in [-0.4, -0.2) is 52.0 Å². The standard InChI is InChI=1S/C16H24O.C16H24S.C14H22.C12H22S.C11H21NO.C11H21NS/c2*1-15(2,3)13-11-9-7-8-10-12(11)17-14(13)16(4,5)6;1-13(2,3)11-9-7-8-10-12(11)14(4,5)6;1-11(2,3)9-7-8-13-10(9)12(4,5)6;2*1-10(2,3)8-9(11(4,5)6)13-7-12-8/h2*7-10,13-14H,1-6H3;7-10H,1-6H3;7-10H,1-6H3;2*7-9H,1-6H3. The van der Waals surface area contributed by atoms with Crippen LogP contribution in [-0.2, 0) is 15.6 Å². The summed E-state index contributed by atoms with van der Waals surface area (Å²) in [6.45, 7) is 82.6. The summed E-state index contributed by atoms with van der Waals surface area (Å²) in [6.07, 6.45) is 4.49. The molecule has 0 spiro atoms. The number of hydrogen-bond donors (Lipinski definition) is 0. The van der Waals surface area contributed by atoms with Gasteiger partial charge >= 0.3 is 0 Å². The number of thioether (sulfide) groups is 3. The highest BCUT2D eigenvalue weighted by atomic mass is 32.2. The number of allylic oxidation sites excluding steroid dienone is 1. The molecule has 4 nitrogen and oxygen atoms in total. The quantitative estimate of drug-likeness (QED) is 0.224. The molecular weight excluding hydrogens is 1120 g/mol. The normalized spacial score (nSPS) is 24.9. The maximum atomic E-state index is 6.21. The van der Waals surface area contributed by atoms with E-state index in [0.717, 1.165) is 16.9 Å². The van der Waals surface area contributed by atoms with Gasteiger partial charge in [-0.05, 0) is 99.7 Å². The van der Waals surface area contributed by atoms with Gasteiger partial charge in [0.2, 0.25) is 0 Å². The Morgan fingerprint density at radius 3 is 1.15 bits per heavy atom. The first-order valence-electron chi connectivity index (χ1n) is 33.1. The molecule has 0 aliphatic carbocycles. The first-order chi connectivity index (χ1) is 38.8. The van der Waals surface area contributed by atoms with Crippen molar-refractivity contribution in [3.05, 3.63) is 107 Å². The Morgan fingerprint density at radius 1 is 0.356 bits per heavy atom. The molecule has 5 aliphatic heterocycles. The molecule has 0 aromatic heterocycles. The zero-order valence-electron chi connectivity index (χ0n) is 62.9. The summed E-state index contributed by atoms with van der Waals surface area (Å²) in [5, 5.41) is 4.34. The van der Waals surface area contributed by atoms with Crippen molar-refractivity contribution in [3.63, 3.8) is 0 Å². The average molecular weight is 1250 g/mol. The number of hydrogen-bond acceptors (Lipinski definition) is 7. The van der Waals surface area contributed by atoms with Gasteiger partial charge in [-0.3, -0.25) is 9.98 Å². The van der Waals surface area contributed by atoms with E-state index in [2.05, 4.69) is 355 Å². The lowest BCUT2D eigenvalue weighted by atomic mass is 9.68. The lowest BCUT2D eigenvalue weighted by Crippen LogP contribution is -2.42. The van der Waals surface area contributed by atoms with Gasteiger partial charge in [0.1, 0.15) is 18.0 Å². The highest BCUT2D eigenvalue weighted by Gasteiger charge is 2.49. The van der Waals surface area contributed by atoms with Crippen LogP contribution in [0.25, 0.3) is 0 Å². The molecule has 494 valence electrons. The Hall–Kier alpha value is -2.61. The van der Waals surface area contributed by atoms with E-state index in [1.54, 1.807) is 12.0 Å². The third kappa shape index (κ3) is 22.6. The minimum Gasteiger partial charge on any atom is -0.489 e. The number of aliphatic imine (C=N–C) groups is 2. The number of ether oxygens (including phenoxy) is 2. The second kappa shape index (κ2) is 28.7.